The molecule has 1 aliphatic rings. The van der Waals surface area contributed by atoms with Gasteiger partial charge in [0.25, 0.3) is 5.91 Å². The number of amides is 1. The van der Waals surface area contributed by atoms with Gasteiger partial charge < -0.3 is 5.32 Å². The number of hydrogen-bond donors (Lipinski definition) is 1. The highest BCUT2D eigenvalue weighted by molar-refractivity contribution is 6.34. The number of carbonyl (C=O) groups is 1. The third kappa shape index (κ3) is 2.78. The van der Waals surface area contributed by atoms with E-state index in [1.54, 1.807) is 11.7 Å². The summed E-state index contributed by atoms with van der Waals surface area (Å²) in [5.74, 6) is 1.00. The molecule has 1 fully saturated rings. The first-order valence-electron chi connectivity index (χ1n) is 6.91. The van der Waals surface area contributed by atoms with Gasteiger partial charge in [-0.25, -0.2) is 0 Å². The lowest BCUT2D eigenvalue weighted by molar-refractivity contribution is 0.0885. The Hall–Kier alpha value is -1.03. The molecule has 0 aliphatic heterocycles. The van der Waals surface area contributed by atoms with E-state index >= 15 is 0 Å². The van der Waals surface area contributed by atoms with Crippen molar-refractivity contribution in [3.63, 3.8) is 0 Å². The number of nitrogens with one attached hydrogen (secondary N) is 1. The Labute approximate surface area is 119 Å². The van der Waals surface area contributed by atoms with Crippen molar-refractivity contribution in [1.29, 1.82) is 0 Å². The molecule has 5 heteroatoms. The Kier molecular flexibility index (Phi) is 4.19. The number of rotatable bonds is 2. The zero-order valence-electron chi connectivity index (χ0n) is 12.0. The highest BCUT2D eigenvalue weighted by Gasteiger charge is 2.29. The zero-order valence-corrected chi connectivity index (χ0v) is 12.8. The summed E-state index contributed by atoms with van der Waals surface area (Å²) < 4.78 is 1.64. The molecule has 4 nitrogen and oxygen atoms in total. The fourth-order valence-electron chi connectivity index (χ4n) is 2.75. The summed E-state index contributed by atoms with van der Waals surface area (Å²) in [5, 5.41) is 7.74. The minimum Gasteiger partial charge on any atom is -0.348 e. The van der Waals surface area contributed by atoms with Crippen LogP contribution < -0.4 is 5.32 Å². The Morgan fingerprint density at radius 3 is 2.68 bits per heavy atom. The van der Waals surface area contributed by atoms with Gasteiger partial charge in [-0.15, -0.1) is 0 Å². The average molecular weight is 284 g/mol. The first-order chi connectivity index (χ1) is 8.91. The van der Waals surface area contributed by atoms with Crippen molar-refractivity contribution in [1.82, 2.24) is 15.1 Å². The van der Waals surface area contributed by atoms with Crippen molar-refractivity contribution in [2.75, 3.05) is 0 Å². The van der Waals surface area contributed by atoms with Gasteiger partial charge in [-0.05, 0) is 25.2 Å². The number of aromatic nitrogens is 2. The van der Waals surface area contributed by atoms with E-state index in [9.17, 15) is 4.79 Å². The molecule has 0 aromatic carbocycles. The van der Waals surface area contributed by atoms with Crippen molar-refractivity contribution >= 4 is 17.5 Å². The lowest BCUT2D eigenvalue weighted by atomic mass is 9.78. The molecule has 1 N–H and O–H groups in total. The van der Waals surface area contributed by atoms with Crippen LogP contribution in [0, 0.1) is 18.8 Å². The van der Waals surface area contributed by atoms with E-state index in [0.29, 0.717) is 22.6 Å². The summed E-state index contributed by atoms with van der Waals surface area (Å²) in [7, 11) is 1.79. The minimum atomic E-state index is -0.153. The summed E-state index contributed by atoms with van der Waals surface area (Å²) in [5.41, 5.74) is 1.16. The van der Waals surface area contributed by atoms with Gasteiger partial charge in [0.2, 0.25) is 0 Å². The fraction of sp³-hybridized carbons (Fsp3) is 0.714. The Balaban J connectivity index is 2.10. The van der Waals surface area contributed by atoms with Gasteiger partial charge in [0.1, 0.15) is 0 Å². The zero-order chi connectivity index (χ0) is 14.2. The van der Waals surface area contributed by atoms with E-state index in [2.05, 4.69) is 24.3 Å². The second-order valence-electron chi connectivity index (χ2n) is 5.72. The predicted molar refractivity (Wildman–Crippen MR) is 76.4 cm³/mol. The van der Waals surface area contributed by atoms with Gasteiger partial charge in [0.05, 0.1) is 10.7 Å². The maximum absolute atomic E-state index is 12.3. The van der Waals surface area contributed by atoms with Crippen molar-refractivity contribution in [3.8, 4) is 0 Å². The second-order valence-corrected chi connectivity index (χ2v) is 6.10. The van der Waals surface area contributed by atoms with Crippen LogP contribution in [0.1, 0.15) is 49.3 Å². The lowest BCUT2D eigenvalue weighted by Gasteiger charge is -2.34. The van der Waals surface area contributed by atoms with E-state index in [-0.39, 0.29) is 11.9 Å². The lowest BCUT2D eigenvalue weighted by Crippen LogP contribution is -2.43. The van der Waals surface area contributed by atoms with Crippen molar-refractivity contribution in [3.05, 3.63) is 16.4 Å². The van der Waals surface area contributed by atoms with Gasteiger partial charge in [-0.1, -0.05) is 38.3 Å². The van der Waals surface area contributed by atoms with Crippen LogP contribution in [0.15, 0.2) is 0 Å². The fourth-order valence-corrected chi connectivity index (χ4v) is 3.00. The maximum Gasteiger partial charge on any atom is 0.273 e. The number of nitrogens with zero attached hydrogens (tertiary/aromatic N) is 2. The highest BCUT2D eigenvalue weighted by Crippen LogP contribution is 2.30. The molecule has 0 radical (unpaired) electrons. The molecular weight excluding hydrogens is 262 g/mol. The molecule has 2 rings (SSSR count). The summed E-state index contributed by atoms with van der Waals surface area (Å²) in [4.78, 5) is 12.3. The van der Waals surface area contributed by atoms with Crippen molar-refractivity contribution in [2.45, 2.75) is 46.1 Å². The van der Waals surface area contributed by atoms with E-state index in [4.69, 9.17) is 11.6 Å². The van der Waals surface area contributed by atoms with Crippen LogP contribution >= 0.6 is 11.6 Å². The summed E-state index contributed by atoms with van der Waals surface area (Å²) in [6, 6.07) is 0.231. The van der Waals surface area contributed by atoms with Crippen molar-refractivity contribution < 1.29 is 4.79 Å². The number of hydrogen-bond acceptors (Lipinski definition) is 2. The largest absolute Gasteiger partial charge is 0.348 e. The number of halogens is 1. The van der Waals surface area contributed by atoms with Crippen LogP contribution in [0.3, 0.4) is 0 Å². The van der Waals surface area contributed by atoms with Gasteiger partial charge in [-0.3, -0.25) is 9.48 Å². The van der Waals surface area contributed by atoms with Gasteiger partial charge in [0, 0.05) is 13.1 Å². The average Bonchev–Trinajstić information content (AvgIpc) is 2.63. The molecule has 3 atom stereocenters. The molecule has 1 aromatic heterocycles. The Bertz CT molecular complexity index is 483. The molecule has 0 unspecified atom stereocenters. The van der Waals surface area contributed by atoms with Crippen LogP contribution in [-0.4, -0.2) is 21.7 Å². The maximum atomic E-state index is 12.3. The Morgan fingerprint density at radius 2 is 2.11 bits per heavy atom. The summed E-state index contributed by atoms with van der Waals surface area (Å²) in [6.45, 7) is 6.32. The third-order valence-corrected chi connectivity index (χ3v) is 4.95. The van der Waals surface area contributed by atoms with Gasteiger partial charge in [0.15, 0.2) is 5.69 Å². The topological polar surface area (TPSA) is 46.9 Å². The van der Waals surface area contributed by atoms with E-state index < -0.39 is 0 Å². The molecule has 19 heavy (non-hydrogen) atoms. The Morgan fingerprint density at radius 1 is 1.42 bits per heavy atom. The number of aryl methyl sites for hydroxylation is 1. The molecule has 1 heterocycles. The minimum absolute atomic E-state index is 0.153. The SMILES string of the molecule is Cc1c(Cl)c(C(=O)N[C@@H]2CCC[C@@H](C)[C@H]2C)nn1C. The molecule has 0 saturated heterocycles. The summed E-state index contributed by atoms with van der Waals surface area (Å²) >= 11 is 6.15. The van der Waals surface area contributed by atoms with Crippen LogP contribution in [0.2, 0.25) is 5.02 Å². The van der Waals surface area contributed by atoms with Crippen molar-refractivity contribution in [2.24, 2.45) is 18.9 Å². The van der Waals surface area contributed by atoms with Crippen LogP contribution in [0.25, 0.3) is 0 Å². The molecule has 0 bridgehead atoms. The van der Waals surface area contributed by atoms with Crippen LogP contribution in [0.4, 0.5) is 0 Å². The van der Waals surface area contributed by atoms with Crippen LogP contribution in [-0.2, 0) is 7.05 Å². The third-order valence-electron chi connectivity index (χ3n) is 4.50. The molecule has 1 aromatic rings. The molecule has 106 valence electrons. The van der Waals surface area contributed by atoms with Gasteiger partial charge in [-0.2, -0.15) is 5.10 Å². The number of carbonyl (C=O) groups excluding carboxylic acids is 1. The van der Waals surface area contributed by atoms with Gasteiger partial charge >= 0.3 is 0 Å². The first-order valence-corrected chi connectivity index (χ1v) is 7.29. The van der Waals surface area contributed by atoms with E-state index in [1.165, 1.54) is 12.8 Å². The molecular formula is C14H22ClN3O. The molecule has 1 amide bonds. The second kappa shape index (κ2) is 5.53. The smallest absolute Gasteiger partial charge is 0.273 e. The predicted octanol–water partition coefficient (Wildman–Crippen LogP) is 2.94. The highest BCUT2D eigenvalue weighted by atomic mass is 35.5. The summed E-state index contributed by atoms with van der Waals surface area (Å²) in [6.07, 6.45) is 3.46. The van der Waals surface area contributed by atoms with E-state index in [1.807, 2.05) is 6.92 Å². The normalized spacial score (nSPS) is 27.3. The monoisotopic (exact) mass is 283 g/mol. The standard InChI is InChI=1S/C14H22ClN3O/c1-8-6-5-7-11(9(8)2)16-14(19)13-12(15)10(3)18(4)17-13/h8-9,11H,5-7H2,1-4H3,(H,16,19)/t8-,9-,11-/m1/s1. The first kappa shape index (κ1) is 14.4. The molecule has 1 aliphatic carbocycles. The quantitative estimate of drug-likeness (QED) is 0.907. The molecule has 1 saturated carbocycles. The van der Waals surface area contributed by atoms with Crippen LogP contribution in [0.5, 0.6) is 0 Å². The molecule has 0 spiro atoms. The van der Waals surface area contributed by atoms with E-state index in [0.717, 1.165) is 12.1 Å².